The zero-order valence-corrected chi connectivity index (χ0v) is 15.2. The number of aliphatic hydroxyl groups excluding tert-OH is 2. The number of ether oxygens (including phenoxy) is 2. The van der Waals surface area contributed by atoms with Crippen molar-refractivity contribution < 1.29 is 24.5 Å². The molecule has 2 fully saturated rings. The minimum Gasteiger partial charge on any atom is -0.477 e. The summed E-state index contributed by atoms with van der Waals surface area (Å²) in [6.07, 6.45) is 0.622. The van der Waals surface area contributed by atoms with E-state index in [4.69, 9.17) is 9.47 Å². The molecule has 1 aromatic rings. The maximum absolute atomic E-state index is 12.4. The summed E-state index contributed by atoms with van der Waals surface area (Å²) in [5.41, 5.74) is 0.348. The van der Waals surface area contributed by atoms with Gasteiger partial charge in [-0.25, -0.2) is 4.98 Å². The van der Waals surface area contributed by atoms with E-state index in [1.807, 2.05) is 19.1 Å². The van der Waals surface area contributed by atoms with Gasteiger partial charge < -0.3 is 25.0 Å². The van der Waals surface area contributed by atoms with Gasteiger partial charge in [-0.3, -0.25) is 4.79 Å². The van der Waals surface area contributed by atoms with Gasteiger partial charge >= 0.3 is 0 Å². The van der Waals surface area contributed by atoms with Crippen LogP contribution in [0.25, 0.3) is 0 Å². The average molecular weight is 364 g/mol. The molecule has 7 heteroatoms. The maximum atomic E-state index is 12.4. The highest BCUT2D eigenvalue weighted by atomic mass is 16.5. The van der Waals surface area contributed by atoms with Gasteiger partial charge in [0.2, 0.25) is 11.8 Å². The second-order valence-electron chi connectivity index (χ2n) is 7.55. The zero-order chi connectivity index (χ0) is 18.6. The third kappa shape index (κ3) is 4.72. The lowest BCUT2D eigenvalue weighted by Gasteiger charge is -2.30. The summed E-state index contributed by atoms with van der Waals surface area (Å²) in [4.78, 5) is 16.8. The molecular weight excluding hydrogens is 336 g/mol. The van der Waals surface area contributed by atoms with Gasteiger partial charge in [-0.1, -0.05) is 6.07 Å². The Labute approximate surface area is 153 Å². The van der Waals surface area contributed by atoms with Crippen molar-refractivity contribution in [2.75, 3.05) is 26.4 Å². The van der Waals surface area contributed by atoms with Gasteiger partial charge in [-0.05, 0) is 38.7 Å². The Balaban J connectivity index is 1.61. The van der Waals surface area contributed by atoms with E-state index in [9.17, 15) is 15.0 Å². The minimum atomic E-state index is -0.802. The summed E-state index contributed by atoms with van der Waals surface area (Å²) in [7, 11) is 0. The maximum Gasteiger partial charge on any atom is 0.223 e. The number of aliphatic hydroxyl groups is 2. The number of hydrogen-bond acceptors (Lipinski definition) is 6. The molecule has 3 atom stereocenters. The van der Waals surface area contributed by atoms with E-state index in [1.54, 1.807) is 6.07 Å². The molecule has 1 saturated heterocycles. The van der Waals surface area contributed by atoms with E-state index in [0.29, 0.717) is 38.5 Å². The summed E-state index contributed by atoms with van der Waals surface area (Å²) in [6.45, 7) is 3.76. The first kappa shape index (κ1) is 19.1. The Kier molecular flexibility index (Phi) is 6.11. The normalized spacial score (nSPS) is 29.5. The number of pyridine rings is 1. The van der Waals surface area contributed by atoms with Crippen LogP contribution >= 0.6 is 0 Å². The van der Waals surface area contributed by atoms with Crippen molar-refractivity contribution in [3.63, 3.8) is 0 Å². The second kappa shape index (κ2) is 8.33. The fourth-order valence-corrected chi connectivity index (χ4v) is 3.76. The predicted octanol–water partition coefficient (Wildman–Crippen LogP) is 0.814. The highest BCUT2D eigenvalue weighted by Gasteiger charge is 2.45. The van der Waals surface area contributed by atoms with E-state index in [1.165, 1.54) is 0 Å². The number of carbonyl (C=O) groups excluding carboxylic acids is 1. The summed E-state index contributed by atoms with van der Waals surface area (Å²) >= 11 is 0. The summed E-state index contributed by atoms with van der Waals surface area (Å²) in [5, 5.41) is 23.1. The Morgan fingerprint density at radius 3 is 2.65 bits per heavy atom. The molecule has 1 unspecified atom stereocenters. The first-order chi connectivity index (χ1) is 12.5. The molecule has 2 aliphatic rings. The molecule has 3 rings (SSSR count). The molecule has 2 heterocycles. The number of rotatable bonds is 6. The van der Waals surface area contributed by atoms with Crippen molar-refractivity contribution in [3.8, 4) is 5.88 Å². The molecule has 0 radical (unpaired) electrons. The highest BCUT2D eigenvalue weighted by Crippen LogP contribution is 2.38. The fourth-order valence-electron chi connectivity index (χ4n) is 3.76. The molecule has 7 nitrogen and oxygen atoms in total. The largest absolute Gasteiger partial charge is 0.477 e. The van der Waals surface area contributed by atoms with Crippen LogP contribution in [0.2, 0.25) is 0 Å². The highest BCUT2D eigenvalue weighted by molar-refractivity contribution is 5.78. The van der Waals surface area contributed by atoms with Crippen LogP contribution in [0.3, 0.4) is 0 Å². The van der Waals surface area contributed by atoms with Gasteiger partial charge in [0, 0.05) is 42.9 Å². The summed E-state index contributed by atoms with van der Waals surface area (Å²) in [5.74, 6) is 0.490. The Hall–Kier alpha value is -1.70. The van der Waals surface area contributed by atoms with Gasteiger partial charge in [0.25, 0.3) is 0 Å². The number of hydrogen-bond donors (Lipinski definition) is 3. The molecule has 144 valence electrons. The van der Waals surface area contributed by atoms with E-state index in [-0.39, 0.29) is 18.4 Å². The third-order valence-corrected chi connectivity index (χ3v) is 5.35. The van der Waals surface area contributed by atoms with E-state index in [2.05, 4.69) is 10.3 Å². The Morgan fingerprint density at radius 2 is 2.00 bits per heavy atom. The molecule has 0 aromatic carbocycles. The third-order valence-electron chi connectivity index (χ3n) is 5.35. The predicted molar refractivity (Wildman–Crippen MR) is 94.7 cm³/mol. The molecule has 1 aliphatic heterocycles. The van der Waals surface area contributed by atoms with Crippen LogP contribution in [0.5, 0.6) is 5.88 Å². The quantitative estimate of drug-likeness (QED) is 0.691. The Morgan fingerprint density at radius 1 is 1.31 bits per heavy atom. The average Bonchev–Trinajstić information content (AvgIpc) is 2.93. The number of aromatic nitrogens is 1. The van der Waals surface area contributed by atoms with Gasteiger partial charge in [0.05, 0.1) is 18.8 Å². The van der Waals surface area contributed by atoms with Crippen molar-refractivity contribution in [3.05, 3.63) is 23.9 Å². The summed E-state index contributed by atoms with van der Waals surface area (Å²) < 4.78 is 11.1. The van der Waals surface area contributed by atoms with E-state index < -0.39 is 17.6 Å². The van der Waals surface area contributed by atoms with Crippen molar-refractivity contribution in [2.24, 2.45) is 11.3 Å². The number of aryl methyl sites for hydroxylation is 1. The molecule has 0 bridgehead atoms. The lowest BCUT2D eigenvalue weighted by atomic mass is 9.86. The number of carbonyl (C=O) groups is 1. The molecule has 0 spiro atoms. The standard InChI is InChI=1S/C19H28N2O5/c1-13-3-2-4-17(21-13)26-12-19(9-15(22)16(23)10-19)11-20-18(24)14-5-7-25-8-6-14/h2-4,14-16,22-23H,5-12H2,1H3,(H,20,24)/t15-,16+,19?. The van der Waals surface area contributed by atoms with Crippen LogP contribution in [-0.4, -0.2) is 59.7 Å². The van der Waals surface area contributed by atoms with Gasteiger partial charge in [0.1, 0.15) is 0 Å². The van der Waals surface area contributed by atoms with Crippen LogP contribution in [0.4, 0.5) is 0 Å². The smallest absolute Gasteiger partial charge is 0.223 e. The van der Waals surface area contributed by atoms with Crippen molar-refractivity contribution in [1.29, 1.82) is 0 Å². The van der Waals surface area contributed by atoms with Crippen LogP contribution < -0.4 is 10.1 Å². The number of amides is 1. The molecular formula is C19H28N2O5. The Bertz CT molecular complexity index is 608. The van der Waals surface area contributed by atoms with Gasteiger partial charge in [-0.15, -0.1) is 0 Å². The fraction of sp³-hybridized carbons (Fsp3) is 0.684. The van der Waals surface area contributed by atoms with E-state index >= 15 is 0 Å². The molecule has 1 aromatic heterocycles. The molecule has 1 amide bonds. The molecule has 26 heavy (non-hydrogen) atoms. The first-order valence-electron chi connectivity index (χ1n) is 9.25. The molecule has 1 aliphatic carbocycles. The van der Waals surface area contributed by atoms with Crippen LogP contribution in [-0.2, 0) is 9.53 Å². The van der Waals surface area contributed by atoms with Gasteiger partial charge in [0.15, 0.2) is 0 Å². The zero-order valence-electron chi connectivity index (χ0n) is 15.2. The molecule has 3 N–H and O–H groups in total. The SMILES string of the molecule is Cc1cccc(OCC2(CNC(=O)C3CCOCC3)C[C@@H](O)[C@@H](O)C2)n1. The van der Waals surface area contributed by atoms with Crippen LogP contribution in [0, 0.1) is 18.3 Å². The second-order valence-corrected chi connectivity index (χ2v) is 7.55. The molecule has 1 saturated carbocycles. The van der Waals surface area contributed by atoms with E-state index in [0.717, 1.165) is 18.5 Å². The van der Waals surface area contributed by atoms with Crippen molar-refractivity contribution >= 4 is 5.91 Å². The van der Waals surface area contributed by atoms with Crippen LogP contribution in [0.1, 0.15) is 31.4 Å². The number of nitrogens with one attached hydrogen (secondary N) is 1. The summed E-state index contributed by atoms with van der Waals surface area (Å²) in [6, 6.07) is 5.54. The number of nitrogens with zero attached hydrogens (tertiary/aromatic N) is 1. The topological polar surface area (TPSA) is 101 Å². The van der Waals surface area contributed by atoms with Crippen molar-refractivity contribution in [1.82, 2.24) is 10.3 Å². The lowest BCUT2D eigenvalue weighted by Crippen LogP contribution is -2.43. The van der Waals surface area contributed by atoms with Gasteiger partial charge in [-0.2, -0.15) is 0 Å². The first-order valence-corrected chi connectivity index (χ1v) is 9.25. The minimum absolute atomic E-state index is 0.0113. The van der Waals surface area contributed by atoms with Crippen LogP contribution in [0.15, 0.2) is 18.2 Å². The lowest BCUT2D eigenvalue weighted by molar-refractivity contribution is -0.128. The van der Waals surface area contributed by atoms with Crippen molar-refractivity contribution in [2.45, 2.75) is 44.8 Å². The monoisotopic (exact) mass is 364 g/mol.